The van der Waals surface area contributed by atoms with Gasteiger partial charge in [-0.25, -0.2) is 0 Å². The van der Waals surface area contributed by atoms with Gasteiger partial charge in [0.2, 0.25) is 11.6 Å². The Bertz CT molecular complexity index is 717. The molecule has 0 amide bonds. The Kier molecular flexibility index (Phi) is 4.71. The summed E-state index contributed by atoms with van der Waals surface area (Å²) in [5, 5.41) is 0. The Morgan fingerprint density at radius 2 is 1.91 bits per heavy atom. The van der Waals surface area contributed by atoms with Crippen LogP contribution in [0.3, 0.4) is 0 Å². The van der Waals surface area contributed by atoms with Gasteiger partial charge >= 0.3 is 5.97 Å². The average Bonchev–Trinajstić information content (AvgIpc) is 2.44. The van der Waals surface area contributed by atoms with E-state index in [-0.39, 0.29) is 17.7 Å². The normalized spacial score (nSPS) is 15.0. The van der Waals surface area contributed by atoms with E-state index in [9.17, 15) is 19.2 Å². The van der Waals surface area contributed by atoms with E-state index in [1.807, 2.05) is 0 Å². The number of esters is 1. The van der Waals surface area contributed by atoms with Gasteiger partial charge in [-0.1, -0.05) is 15.9 Å². The van der Waals surface area contributed by atoms with Crippen LogP contribution in [-0.2, 0) is 19.1 Å². The molecule has 0 saturated heterocycles. The highest BCUT2D eigenvalue weighted by Gasteiger charge is 2.36. The third-order valence-corrected chi connectivity index (χ3v) is 3.78. The SMILES string of the molecule is CCOC(=O)[C@H](C(C)=O)C1=CC(=O)C(=O)c2ccc(Br)cc21. The Labute approximate surface area is 135 Å². The first-order valence-electron chi connectivity index (χ1n) is 6.64. The summed E-state index contributed by atoms with van der Waals surface area (Å²) in [5.74, 6) is -3.80. The molecule has 114 valence electrons. The van der Waals surface area contributed by atoms with Crippen molar-refractivity contribution in [1.29, 1.82) is 0 Å². The summed E-state index contributed by atoms with van der Waals surface area (Å²) in [4.78, 5) is 47.8. The molecule has 0 saturated carbocycles. The van der Waals surface area contributed by atoms with Crippen molar-refractivity contribution < 1.29 is 23.9 Å². The number of ketones is 3. The Morgan fingerprint density at radius 1 is 1.23 bits per heavy atom. The van der Waals surface area contributed by atoms with Crippen LogP contribution in [0.15, 0.2) is 28.7 Å². The maximum atomic E-state index is 12.1. The topological polar surface area (TPSA) is 77.5 Å². The molecule has 0 fully saturated rings. The molecule has 0 bridgehead atoms. The molecule has 1 aliphatic rings. The van der Waals surface area contributed by atoms with Gasteiger partial charge in [0.1, 0.15) is 11.7 Å². The molecule has 0 aromatic heterocycles. The summed E-state index contributed by atoms with van der Waals surface area (Å²) in [5.41, 5.74) is 0.778. The summed E-state index contributed by atoms with van der Waals surface area (Å²) in [6.07, 6.45) is 1.06. The van der Waals surface area contributed by atoms with Gasteiger partial charge in [-0.2, -0.15) is 0 Å². The molecule has 0 radical (unpaired) electrons. The summed E-state index contributed by atoms with van der Waals surface area (Å²) >= 11 is 3.28. The molecule has 6 heteroatoms. The van der Waals surface area contributed by atoms with Crippen LogP contribution in [0.2, 0.25) is 0 Å². The van der Waals surface area contributed by atoms with Crippen molar-refractivity contribution in [3.63, 3.8) is 0 Å². The van der Waals surface area contributed by atoms with Crippen molar-refractivity contribution in [3.05, 3.63) is 39.9 Å². The maximum absolute atomic E-state index is 12.1. The largest absolute Gasteiger partial charge is 0.465 e. The highest BCUT2D eigenvalue weighted by Crippen LogP contribution is 2.34. The lowest BCUT2D eigenvalue weighted by molar-refractivity contribution is -0.148. The van der Waals surface area contributed by atoms with E-state index in [4.69, 9.17) is 4.74 Å². The maximum Gasteiger partial charge on any atom is 0.321 e. The first kappa shape index (κ1) is 16.3. The van der Waals surface area contributed by atoms with Crippen LogP contribution in [0.1, 0.15) is 29.8 Å². The van der Waals surface area contributed by atoms with E-state index in [0.717, 1.165) is 6.08 Å². The van der Waals surface area contributed by atoms with Gasteiger partial charge in [0.15, 0.2) is 0 Å². The second-order valence-corrected chi connectivity index (χ2v) is 5.69. The minimum absolute atomic E-state index is 0.119. The molecule has 2 rings (SSSR count). The lowest BCUT2D eigenvalue weighted by Crippen LogP contribution is -2.30. The number of rotatable bonds is 4. The summed E-state index contributed by atoms with van der Waals surface area (Å²) in [6.45, 7) is 3.00. The van der Waals surface area contributed by atoms with Gasteiger partial charge in [0.05, 0.1) is 6.61 Å². The minimum atomic E-state index is -1.22. The second kappa shape index (κ2) is 6.36. The standard InChI is InChI=1S/C16H13BrO5/c1-3-22-16(21)14(8(2)18)12-7-13(19)15(20)10-5-4-9(17)6-11(10)12/h4-7,14H,3H2,1-2H3/t14-/m1/s1. The van der Waals surface area contributed by atoms with Crippen LogP contribution in [0.5, 0.6) is 0 Å². The van der Waals surface area contributed by atoms with Gasteiger partial charge in [-0.15, -0.1) is 0 Å². The van der Waals surface area contributed by atoms with Crippen LogP contribution < -0.4 is 0 Å². The lowest BCUT2D eigenvalue weighted by Gasteiger charge is -2.21. The number of carbonyl (C=O) groups excluding carboxylic acids is 4. The second-order valence-electron chi connectivity index (χ2n) is 4.78. The Hall–Kier alpha value is -2.08. The highest BCUT2D eigenvalue weighted by molar-refractivity contribution is 9.10. The zero-order chi connectivity index (χ0) is 16.4. The van der Waals surface area contributed by atoms with E-state index in [1.165, 1.54) is 13.0 Å². The molecule has 0 unspecified atom stereocenters. The van der Waals surface area contributed by atoms with Crippen molar-refractivity contribution in [1.82, 2.24) is 0 Å². The molecular formula is C16H13BrO5. The molecule has 0 aliphatic heterocycles. The number of benzene rings is 1. The van der Waals surface area contributed by atoms with Crippen LogP contribution in [0.25, 0.3) is 5.57 Å². The Morgan fingerprint density at radius 3 is 2.50 bits per heavy atom. The smallest absolute Gasteiger partial charge is 0.321 e. The molecule has 5 nitrogen and oxygen atoms in total. The molecular weight excluding hydrogens is 352 g/mol. The monoisotopic (exact) mass is 364 g/mol. The molecule has 1 atom stereocenters. The third kappa shape index (κ3) is 2.92. The zero-order valence-electron chi connectivity index (χ0n) is 12.0. The van der Waals surface area contributed by atoms with Gasteiger partial charge in [0.25, 0.3) is 0 Å². The van der Waals surface area contributed by atoms with Crippen molar-refractivity contribution in [2.75, 3.05) is 6.61 Å². The van der Waals surface area contributed by atoms with Crippen molar-refractivity contribution >= 4 is 44.8 Å². The quantitative estimate of drug-likeness (QED) is 0.465. The van der Waals surface area contributed by atoms with E-state index in [1.54, 1.807) is 19.1 Å². The number of carbonyl (C=O) groups is 4. The molecule has 0 spiro atoms. The third-order valence-electron chi connectivity index (χ3n) is 3.29. The average molecular weight is 365 g/mol. The zero-order valence-corrected chi connectivity index (χ0v) is 13.6. The summed E-state index contributed by atoms with van der Waals surface area (Å²) < 4.78 is 5.59. The van der Waals surface area contributed by atoms with Crippen molar-refractivity contribution in [2.24, 2.45) is 5.92 Å². The van der Waals surface area contributed by atoms with E-state index in [0.29, 0.717) is 10.0 Å². The first-order chi connectivity index (χ1) is 10.4. The predicted molar refractivity (Wildman–Crippen MR) is 82.3 cm³/mol. The minimum Gasteiger partial charge on any atom is -0.465 e. The fourth-order valence-corrected chi connectivity index (χ4v) is 2.71. The van der Waals surface area contributed by atoms with Crippen molar-refractivity contribution in [3.8, 4) is 0 Å². The van der Waals surface area contributed by atoms with Crippen molar-refractivity contribution in [2.45, 2.75) is 13.8 Å². The van der Waals surface area contributed by atoms with Crippen LogP contribution in [0, 0.1) is 5.92 Å². The van der Waals surface area contributed by atoms with Gasteiger partial charge in [-0.3, -0.25) is 19.2 Å². The summed E-state index contributed by atoms with van der Waals surface area (Å²) in [7, 11) is 0. The van der Waals surface area contributed by atoms with E-state index in [2.05, 4.69) is 15.9 Å². The molecule has 0 heterocycles. The number of ether oxygens (including phenoxy) is 1. The number of Topliss-reactive ketones (excluding diaryl/α,β-unsaturated/α-hetero) is 2. The van der Waals surface area contributed by atoms with Gasteiger partial charge in [0, 0.05) is 10.0 Å². The fraction of sp³-hybridized carbons (Fsp3) is 0.250. The molecule has 1 aliphatic carbocycles. The molecule has 22 heavy (non-hydrogen) atoms. The lowest BCUT2D eigenvalue weighted by atomic mass is 9.81. The first-order valence-corrected chi connectivity index (χ1v) is 7.43. The van der Waals surface area contributed by atoms with E-state index >= 15 is 0 Å². The van der Waals surface area contributed by atoms with Crippen LogP contribution >= 0.6 is 15.9 Å². The molecule has 1 aromatic carbocycles. The number of halogens is 1. The molecule has 0 N–H and O–H groups in total. The Balaban J connectivity index is 2.62. The number of fused-ring (bicyclic) bond motifs is 1. The van der Waals surface area contributed by atoms with Gasteiger partial charge < -0.3 is 4.74 Å². The van der Waals surface area contributed by atoms with E-state index < -0.39 is 29.2 Å². The van der Waals surface area contributed by atoms with Crippen LogP contribution in [-0.4, -0.2) is 29.9 Å². The highest BCUT2D eigenvalue weighted by atomic mass is 79.9. The van der Waals surface area contributed by atoms with Crippen LogP contribution in [0.4, 0.5) is 0 Å². The number of allylic oxidation sites excluding steroid dienone is 1. The molecule has 1 aromatic rings. The summed E-state index contributed by atoms with van der Waals surface area (Å²) in [6, 6.07) is 4.73. The predicted octanol–water partition coefficient (Wildman–Crippen LogP) is 2.37. The number of hydrogen-bond acceptors (Lipinski definition) is 5. The fourth-order valence-electron chi connectivity index (χ4n) is 2.35. The number of hydrogen-bond donors (Lipinski definition) is 0. The van der Waals surface area contributed by atoms with Gasteiger partial charge in [-0.05, 0) is 49.3 Å².